The Morgan fingerprint density at radius 3 is 2.24 bits per heavy atom. The molecule has 2 aromatic carbocycles. The molecule has 0 spiro atoms. The van der Waals surface area contributed by atoms with Crippen LogP contribution in [-0.2, 0) is 10.0 Å². The van der Waals surface area contributed by atoms with Crippen LogP contribution in [0.25, 0.3) is 0 Å². The molecule has 0 radical (unpaired) electrons. The number of amides is 1. The zero-order chi connectivity index (χ0) is 18.6. The van der Waals surface area contributed by atoms with Gasteiger partial charge in [0.2, 0.25) is 10.0 Å². The van der Waals surface area contributed by atoms with Crippen LogP contribution < -0.4 is 14.8 Å². The molecule has 0 aliphatic carbocycles. The lowest BCUT2D eigenvalue weighted by Crippen LogP contribution is -2.16. The Bertz CT molecular complexity index is 865. The van der Waals surface area contributed by atoms with E-state index in [-0.39, 0.29) is 12.0 Å². The molecule has 0 aliphatic heterocycles. The molecule has 134 valence electrons. The van der Waals surface area contributed by atoms with Gasteiger partial charge in [-0.25, -0.2) is 8.42 Å². The van der Waals surface area contributed by atoms with E-state index in [4.69, 9.17) is 4.74 Å². The lowest BCUT2D eigenvalue weighted by Gasteiger charge is -2.15. The van der Waals surface area contributed by atoms with Gasteiger partial charge in [0, 0.05) is 15.8 Å². The Labute approximate surface area is 155 Å². The van der Waals surface area contributed by atoms with Crippen molar-refractivity contribution >= 4 is 43.2 Å². The highest BCUT2D eigenvalue weighted by atomic mass is 79.9. The summed E-state index contributed by atoms with van der Waals surface area (Å²) in [5.74, 6) is 0.171. The Morgan fingerprint density at radius 1 is 1.08 bits per heavy atom. The van der Waals surface area contributed by atoms with Crippen molar-refractivity contribution in [2.24, 2.45) is 0 Å². The average Bonchev–Trinajstić information content (AvgIpc) is 2.47. The topological polar surface area (TPSA) is 84.5 Å². The van der Waals surface area contributed by atoms with Crippen molar-refractivity contribution in [3.8, 4) is 5.75 Å². The third kappa shape index (κ3) is 6.06. The van der Waals surface area contributed by atoms with E-state index in [1.54, 1.807) is 42.5 Å². The number of nitrogens with one attached hydrogen (secondary N) is 2. The number of sulfonamides is 1. The van der Waals surface area contributed by atoms with E-state index in [1.165, 1.54) is 0 Å². The molecule has 1 amide bonds. The number of anilines is 2. The van der Waals surface area contributed by atoms with E-state index in [1.807, 2.05) is 13.8 Å². The summed E-state index contributed by atoms with van der Waals surface area (Å²) in [4.78, 5) is 12.5. The highest BCUT2D eigenvalue weighted by molar-refractivity contribution is 9.10. The molecular weight excluding hydrogens is 408 g/mol. The molecule has 2 aromatic rings. The molecule has 0 aliphatic rings. The molecule has 0 fully saturated rings. The molecule has 0 unspecified atom stereocenters. The summed E-state index contributed by atoms with van der Waals surface area (Å²) in [5, 5.41) is 2.77. The van der Waals surface area contributed by atoms with Crippen LogP contribution >= 0.6 is 15.9 Å². The molecule has 2 rings (SSSR count). The lowest BCUT2D eigenvalue weighted by molar-refractivity contribution is 0.102. The number of carbonyl (C=O) groups is 1. The van der Waals surface area contributed by atoms with E-state index >= 15 is 0 Å². The smallest absolute Gasteiger partial charge is 0.259 e. The molecule has 25 heavy (non-hydrogen) atoms. The maximum atomic E-state index is 12.5. The van der Waals surface area contributed by atoms with Crippen molar-refractivity contribution in [2.75, 3.05) is 16.3 Å². The van der Waals surface area contributed by atoms with Crippen molar-refractivity contribution in [1.29, 1.82) is 0 Å². The van der Waals surface area contributed by atoms with Gasteiger partial charge < -0.3 is 10.1 Å². The van der Waals surface area contributed by atoms with Gasteiger partial charge >= 0.3 is 0 Å². The first kappa shape index (κ1) is 19.3. The number of halogens is 1. The second kappa shape index (κ2) is 7.88. The standard InChI is InChI=1S/C17H19BrN2O4S/c1-11(2)24-16-10-12(18)4-9-15(16)17(21)19-13-5-7-14(8-6-13)20-25(3,22)23/h4-11,20H,1-3H3,(H,19,21). The van der Waals surface area contributed by atoms with Gasteiger partial charge in [0.05, 0.1) is 17.9 Å². The molecule has 0 bridgehead atoms. The normalized spacial score (nSPS) is 11.2. The average molecular weight is 427 g/mol. The third-order valence-electron chi connectivity index (χ3n) is 3.00. The number of carbonyl (C=O) groups excluding carboxylic acids is 1. The predicted octanol–water partition coefficient (Wildman–Crippen LogP) is 3.86. The number of hydrogen-bond donors (Lipinski definition) is 2. The number of rotatable bonds is 6. The van der Waals surface area contributed by atoms with E-state index in [2.05, 4.69) is 26.0 Å². The minimum absolute atomic E-state index is 0.0674. The fourth-order valence-electron chi connectivity index (χ4n) is 2.07. The Hall–Kier alpha value is -2.06. The summed E-state index contributed by atoms with van der Waals surface area (Å²) >= 11 is 3.37. The quantitative estimate of drug-likeness (QED) is 0.734. The summed E-state index contributed by atoms with van der Waals surface area (Å²) in [7, 11) is -3.34. The van der Waals surface area contributed by atoms with Gasteiger partial charge in [0.15, 0.2) is 0 Å². The second-order valence-corrected chi connectivity index (χ2v) is 8.38. The van der Waals surface area contributed by atoms with Crippen molar-refractivity contribution < 1.29 is 17.9 Å². The largest absolute Gasteiger partial charge is 0.490 e. The third-order valence-corrected chi connectivity index (χ3v) is 4.10. The molecule has 6 nitrogen and oxygen atoms in total. The number of hydrogen-bond acceptors (Lipinski definition) is 4. The predicted molar refractivity (Wildman–Crippen MR) is 103 cm³/mol. The summed E-state index contributed by atoms with van der Waals surface area (Å²) in [5.41, 5.74) is 1.38. The summed E-state index contributed by atoms with van der Waals surface area (Å²) < 4.78 is 31.3. The first-order valence-electron chi connectivity index (χ1n) is 7.49. The van der Waals surface area contributed by atoms with Gasteiger partial charge in [0.1, 0.15) is 5.75 Å². The van der Waals surface area contributed by atoms with Gasteiger partial charge in [0.25, 0.3) is 5.91 Å². The molecule has 8 heteroatoms. The SMILES string of the molecule is CC(C)Oc1cc(Br)ccc1C(=O)Nc1ccc(NS(C)(=O)=O)cc1. The van der Waals surface area contributed by atoms with Crippen molar-refractivity contribution in [2.45, 2.75) is 20.0 Å². The van der Waals surface area contributed by atoms with Crippen LogP contribution in [0.15, 0.2) is 46.9 Å². The second-order valence-electron chi connectivity index (χ2n) is 5.71. The van der Waals surface area contributed by atoms with E-state index in [0.717, 1.165) is 10.7 Å². The van der Waals surface area contributed by atoms with E-state index < -0.39 is 10.0 Å². The van der Waals surface area contributed by atoms with Gasteiger partial charge in [-0.2, -0.15) is 0 Å². The molecule has 0 heterocycles. The molecule has 0 saturated carbocycles. The highest BCUT2D eigenvalue weighted by Crippen LogP contribution is 2.26. The molecule has 2 N–H and O–H groups in total. The van der Waals surface area contributed by atoms with Crippen molar-refractivity contribution in [1.82, 2.24) is 0 Å². The lowest BCUT2D eigenvalue weighted by atomic mass is 10.1. The summed E-state index contributed by atoms with van der Waals surface area (Å²) in [6.07, 6.45) is 1.01. The number of benzene rings is 2. The molecule has 0 aromatic heterocycles. The zero-order valence-electron chi connectivity index (χ0n) is 14.0. The van der Waals surface area contributed by atoms with Gasteiger partial charge in [-0.05, 0) is 56.3 Å². The highest BCUT2D eigenvalue weighted by Gasteiger charge is 2.14. The van der Waals surface area contributed by atoms with Crippen LogP contribution in [0.1, 0.15) is 24.2 Å². The number of ether oxygens (including phenoxy) is 1. The summed E-state index contributed by atoms with van der Waals surface area (Å²) in [6, 6.07) is 11.6. The Kier molecular flexibility index (Phi) is 6.07. The summed E-state index contributed by atoms with van der Waals surface area (Å²) in [6.45, 7) is 3.77. The van der Waals surface area contributed by atoms with Crippen LogP contribution in [0, 0.1) is 0 Å². The van der Waals surface area contributed by atoms with E-state index in [9.17, 15) is 13.2 Å². The Morgan fingerprint density at radius 2 is 1.68 bits per heavy atom. The first-order chi connectivity index (χ1) is 11.6. The van der Waals surface area contributed by atoms with E-state index in [0.29, 0.717) is 22.7 Å². The minimum atomic E-state index is -3.34. The maximum absolute atomic E-state index is 12.5. The molecule has 0 atom stereocenters. The fourth-order valence-corrected chi connectivity index (χ4v) is 2.97. The zero-order valence-corrected chi connectivity index (χ0v) is 16.4. The molecular formula is C17H19BrN2O4S. The Balaban J connectivity index is 2.17. The fraction of sp³-hybridized carbons (Fsp3) is 0.235. The molecule has 0 saturated heterocycles. The van der Waals surface area contributed by atoms with Crippen molar-refractivity contribution in [3.63, 3.8) is 0 Å². The van der Waals surface area contributed by atoms with Gasteiger partial charge in [-0.15, -0.1) is 0 Å². The first-order valence-corrected chi connectivity index (χ1v) is 10.2. The van der Waals surface area contributed by atoms with Crippen LogP contribution in [0.3, 0.4) is 0 Å². The van der Waals surface area contributed by atoms with Crippen LogP contribution in [0.2, 0.25) is 0 Å². The maximum Gasteiger partial charge on any atom is 0.259 e. The monoisotopic (exact) mass is 426 g/mol. The minimum Gasteiger partial charge on any atom is -0.490 e. The van der Waals surface area contributed by atoms with Crippen LogP contribution in [0.4, 0.5) is 11.4 Å². The van der Waals surface area contributed by atoms with Crippen LogP contribution in [-0.4, -0.2) is 26.7 Å². The van der Waals surface area contributed by atoms with Crippen LogP contribution in [0.5, 0.6) is 5.75 Å². The van der Waals surface area contributed by atoms with Gasteiger partial charge in [-0.1, -0.05) is 15.9 Å². The van der Waals surface area contributed by atoms with Gasteiger partial charge in [-0.3, -0.25) is 9.52 Å². The van der Waals surface area contributed by atoms with Crippen molar-refractivity contribution in [3.05, 3.63) is 52.5 Å².